The van der Waals surface area contributed by atoms with E-state index < -0.39 is 12.5 Å². The highest BCUT2D eigenvalue weighted by atomic mass is 127. The van der Waals surface area contributed by atoms with E-state index >= 15 is 0 Å². The molecule has 0 saturated carbocycles. The van der Waals surface area contributed by atoms with Crippen LogP contribution in [0, 0.1) is 3.57 Å². The third-order valence-electron chi connectivity index (χ3n) is 2.33. The first-order valence-corrected chi connectivity index (χ1v) is 7.50. The molecule has 98 valence electrons. The Morgan fingerprint density at radius 2 is 2.05 bits per heavy atom. The number of halogens is 1. The molecule has 1 saturated heterocycles. The van der Waals surface area contributed by atoms with Gasteiger partial charge in [0.15, 0.2) is 0 Å². The van der Waals surface area contributed by atoms with E-state index in [-0.39, 0.29) is 10.2 Å². The van der Waals surface area contributed by atoms with Crippen molar-refractivity contribution in [2.75, 3.05) is 6.54 Å². The first kappa shape index (κ1) is 14.5. The molecule has 7 heteroatoms. The maximum Gasteiger partial charge on any atom is 0.323 e. The molecule has 0 atom stereocenters. The fourth-order valence-corrected chi connectivity index (χ4v) is 3.10. The van der Waals surface area contributed by atoms with Gasteiger partial charge in [0.05, 0.1) is 4.91 Å². The monoisotopic (exact) mass is 405 g/mol. The first-order valence-electron chi connectivity index (χ1n) is 5.20. The zero-order valence-corrected chi connectivity index (χ0v) is 13.3. The number of carboxylic acid groups (broad SMARTS) is 1. The summed E-state index contributed by atoms with van der Waals surface area (Å²) in [6, 6.07) is 7.66. The molecular formula is C12H8INO3S2. The summed E-state index contributed by atoms with van der Waals surface area (Å²) < 4.78 is 1.39. The van der Waals surface area contributed by atoms with Gasteiger partial charge in [-0.25, -0.2) is 0 Å². The van der Waals surface area contributed by atoms with Crippen molar-refractivity contribution in [3.8, 4) is 0 Å². The molecule has 19 heavy (non-hydrogen) atoms. The van der Waals surface area contributed by atoms with Crippen LogP contribution >= 0.6 is 46.6 Å². The molecule has 0 unspecified atom stereocenters. The van der Waals surface area contributed by atoms with Crippen molar-refractivity contribution in [3.63, 3.8) is 0 Å². The fourth-order valence-electron chi connectivity index (χ4n) is 1.48. The van der Waals surface area contributed by atoms with Crippen LogP contribution in [0.25, 0.3) is 6.08 Å². The van der Waals surface area contributed by atoms with Crippen molar-refractivity contribution < 1.29 is 14.7 Å². The van der Waals surface area contributed by atoms with E-state index in [9.17, 15) is 9.59 Å². The number of rotatable bonds is 3. The van der Waals surface area contributed by atoms with E-state index in [0.29, 0.717) is 4.91 Å². The number of benzene rings is 1. The summed E-state index contributed by atoms with van der Waals surface area (Å²) in [5, 5.41) is 8.73. The second-order valence-corrected chi connectivity index (χ2v) is 6.63. The average Bonchev–Trinajstić information content (AvgIpc) is 2.60. The number of carbonyl (C=O) groups excluding carboxylic acids is 1. The number of carbonyl (C=O) groups is 2. The predicted molar refractivity (Wildman–Crippen MR) is 86.7 cm³/mol. The minimum absolute atomic E-state index is 0.282. The number of aliphatic carboxylic acids is 1. The summed E-state index contributed by atoms with van der Waals surface area (Å²) in [5.74, 6) is -1.43. The molecule has 2 rings (SSSR count). The summed E-state index contributed by atoms with van der Waals surface area (Å²) in [6.45, 7) is -0.394. The van der Waals surface area contributed by atoms with Crippen LogP contribution in [0.15, 0.2) is 29.2 Å². The van der Waals surface area contributed by atoms with Crippen LogP contribution in [0.2, 0.25) is 0 Å². The molecule has 0 spiro atoms. The van der Waals surface area contributed by atoms with Crippen molar-refractivity contribution in [1.82, 2.24) is 4.90 Å². The Kier molecular flexibility index (Phi) is 4.58. The average molecular weight is 405 g/mol. The van der Waals surface area contributed by atoms with Gasteiger partial charge in [0, 0.05) is 3.57 Å². The van der Waals surface area contributed by atoms with Crippen LogP contribution in [0.5, 0.6) is 0 Å². The predicted octanol–water partition coefficient (Wildman–Crippen LogP) is 2.58. The van der Waals surface area contributed by atoms with Crippen molar-refractivity contribution >= 4 is 68.8 Å². The zero-order chi connectivity index (χ0) is 14.0. The van der Waals surface area contributed by atoms with Gasteiger partial charge in [-0.3, -0.25) is 14.5 Å². The van der Waals surface area contributed by atoms with Gasteiger partial charge in [-0.1, -0.05) is 36.1 Å². The highest BCUT2D eigenvalue weighted by Gasteiger charge is 2.33. The molecule has 1 amide bonds. The van der Waals surface area contributed by atoms with Crippen LogP contribution in [-0.2, 0) is 9.59 Å². The number of thioether (sulfide) groups is 1. The van der Waals surface area contributed by atoms with Gasteiger partial charge in [-0.15, -0.1) is 0 Å². The molecular weight excluding hydrogens is 397 g/mol. The maximum absolute atomic E-state index is 12.0. The Morgan fingerprint density at radius 1 is 1.42 bits per heavy atom. The number of hydrogen-bond donors (Lipinski definition) is 1. The lowest BCUT2D eigenvalue weighted by Gasteiger charge is -2.10. The van der Waals surface area contributed by atoms with Crippen molar-refractivity contribution in [1.29, 1.82) is 0 Å². The normalized spacial score (nSPS) is 17.3. The molecule has 1 aliphatic rings. The second-order valence-electron chi connectivity index (χ2n) is 3.71. The largest absolute Gasteiger partial charge is 0.480 e. The lowest BCUT2D eigenvalue weighted by atomic mass is 10.2. The summed E-state index contributed by atoms with van der Waals surface area (Å²) >= 11 is 8.34. The van der Waals surface area contributed by atoms with Crippen LogP contribution in [0.4, 0.5) is 0 Å². The van der Waals surface area contributed by atoms with Crippen molar-refractivity contribution in [2.24, 2.45) is 0 Å². The Labute approximate surface area is 133 Å². The Bertz CT molecular complexity index is 583. The summed E-state index contributed by atoms with van der Waals surface area (Å²) in [4.78, 5) is 24.2. The van der Waals surface area contributed by atoms with Crippen LogP contribution < -0.4 is 0 Å². The Balaban J connectivity index is 2.23. The highest BCUT2D eigenvalue weighted by molar-refractivity contribution is 14.1. The van der Waals surface area contributed by atoms with Crippen LogP contribution in [0.1, 0.15) is 5.56 Å². The van der Waals surface area contributed by atoms with Gasteiger partial charge in [0.2, 0.25) is 0 Å². The van der Waals surface area contributed by atoms with Gasteiger partial charge < -0.3 is 5.11 Å². The summed E-state index contributed by atoms with van der Waals surface area (Å²) in [5.41, 5.74) is 0.885. The lowest BCUT2D eigenvalue weighted by Crippen LogP contribution is -2.33. The van der Waals surface area contributed by atoms with E-state index in [2.05, 4.69) is 22.6 Å². The fraction of sp³-hybridized carbons (Fsp3) is 0.0833. The standard InChI is InChI=1S/C12H8INO3S2/c13-8-3-1-7(2-4-8)5-9-11(17)14(6-10(15)16)12(18)19-9/h1-5H,6H2,(H,15,16)/b9-5-. The van der Waals surface area contributed by atoms with E-state index in [1.807, 2.05) is 24.3 Å². The van der Waals surface area contributed by atoms with Crippen LogP contribution in [0.3, 0.4) is 0 Å². The molecule has 1 fully saturated rings. The molecule has 4 nitrogen and oxygen atoms in total. The second kappa shape index (κ2) is 6.02. The van der Waals surface area contributed by atoms with Gasteiger partial charge in [-0.2, -0.15) is 0 Å². The molecule has 1 heterocycles. The molecule has 0 bridgehead atoms. The van der Waals surface area contributed by atoms with Crippen LogP contribution in [-0.4, -0.2) is 32.7 Å². The first-order chi connectivity index (χ1) is 8.97. The number of amides is 1. The number of nitrogens with zero attached hydrogens (tertiary/aromatic N) is 1. The van der Waals surface area contributed by atoms with E-state index in [4.69, 9.17) is 17.3 Å². The topological polar surface area (TPSA) is 57.6 Å². The minimum Gasteiger partial charge on any atom is -0.480 e. The Hall–Kier alpha value is -0.930. The van der Waals surface area contributed by atoms with E-state index in [1.165, 1.54) is 0 Å². The molecule has 1 aromatic carbocycles. The number of hydrogen-bond acceptors (Lipinski definition) is 4. The molecule has 0 aliphatic carbocycles. The zero-order valence-electron chi connectivity index (χ0n) is 9.50. The molecule has 1 aromatic rings. The van der Waals surface area contributed by atoms with E-state index in [1.54, 1.807) is 6.08 Å². The highest BCUT2D eigenvalue weighted by Crippen LogP contribution is 2.32. The number of thiocarbonyl (C=S) groups is 1. The number of carboxylic acids is 1. The molecule has 1 N–H and O–H groups in total. The van der Waals surface area contributed by atoms with Crippen molar-refractivity contribution in [2.45, 2.75) is 0 Å². The smallest absolute Gasteiger partial charge is 0.323 e. The van der Waals surface area contributed by atoms with Gasteiger partial charge in [0.1, 0.15) is 10.9 Å². The molecule has 0 aromatic heterocycles. The van der Waals surface area contributed by atoms with Gasteiger partial charge in [-0.05, 0) is 46.4 Å². The maximum atomic E-state index is 12.0. The SMILES string of the molecule is O=C(O)CN1C(=O)/C(=C/c2ccc(I)cc2)SC1=S. The summed E-state index contributed by atoms with van der Waals surface area (Å²) in [7, 11) is 0. The van der Waals surface area contributed by atoms with E-state index in [0.717, 1.165) is 25.8 Å². The quantitative estimate of drug-likeness (QED) is 0.476. The molecule has 1 aliphatic heterocycles. The molecule has 0 radical (unpaired) electrons. The lowest BCUT2D eigenvalue weighted by molar-refractivity contribution is -0.140. The minimum atomic E-state index is -1.08. The Morgan fingerprint density at radius 3 is 2.63 bits per heavy atom. The summed E-state index contributed by atoms with van der Waals surface area (Å²) in [6.07, 6.45) is 1.72. The van der Waals surface area contributed by atoms with Gasteiger partial charge in [0.25, 0.3) is 5.91 Å². The van der Waals surface area contributed by atoms with Gasteiger partial charge >= 0.3 is 5.97 Å². The van der Waals surface area contributed by atoms with Crippen molar-refractivity contribution in [3.05, 3.63) is 38.3 Å². The third kappa shape index (κ3) is 3.54. The third-order valence-corrected chi connectivity index (χ3v) is 4.43.